The molecule has 2 aromatic rings. The fourth-order valence-electron chi connectivity index (χ4n) is 2.01. The van der Waals surface area contributed by atoms with Crippen molar-refractivity contribution in [3.05, 3.63) is 36.3 Å². The van der Waals surface area contributed by atoms with E-state index >= 15 is 0 Å². The molecule has 0 aliphatic heterocycles. The first-order valence-electron chi connectivity index (χ1n) is 6.62. The van der Waals surface area contributed by atoms with Crippen molar-refractivity contribution in [2.45, 2.75) is 32.4 Å². The highest BCUT2D eigenvalue weighted by molar-refractivity contribution is 5.61. The summed E-state index contributed by atoms with van der Waals surface area (Å²) in [5.74, 6) is 0. The van der Waals surface area contributed by atoms with E-state index < -0.39 is 0 Å². The number of H-pyrrole nitrogens is 1. The molecule has 2 aromatic heterocycles. The number of hydrogen-bond donors (Lipinski definition) is 3. The first-order valence-corrected chi connectivity index (χ1v) is 6.62. The normalized spacial score (nSPS) is 12.5. The molecule has 5 heteroatoms. The van der Waals surface area contributed by atoms with Gasteiger partial charge in [-0.25, -0.2) is 0 Å². The van der Waals surface area contributed by atoms with Crippen LogP contribution in [0.15, 0.2) is 30.7 Å². The van der Waals surface area contributed by atoms with Gasteiger partial charge in [0, 0.05) is 36.6 Å². The lowest BCUT2D eigenvalue weighted by molar-refractivity contribution is 0.160. The van der Waals surface area contributed by atoms with Crippen LogP contribution in [0, 0.1) is 0 Å². The Balaban J connectivity index is 1.94. The SMILES string of the molecule is CCCC(O)CNCc1cn[nH]c1-c1cccnc1. The first kappa shape index (κ1) is 13.7. The van der Waals surface area contributed by atoms with Crippen LogP contribution in [0.3, 0.4) is 0 Å². The van der Waals surface area contributed by atoms with Crippen LogP contribution in [0.1, 0.15) is 25.3 Å². The van der Waals surface area contributed by atoms with Crippen molar-refractivity contribution < 1.29 is 5.11 Å². The molecule has 0 saturated heterocycles. The van der Waals surface area contributed by atoms with Crippen LogP contribution in [0.2, 0.25) is 0 Å². The van der Waals surface area contributed by atoms with Gasteiger partial charge < -0.3 is 10.4 Å². The summed E-state index contributed by atoms with van der Waals surface area (Å²) in [5, 5.41) is 20.0. The molecule has 0 bridgehead atoms. The molecule has 19 heavy (non-hydrogen) atoms. The molecule has 3 N–H and O–H groups in total. The van der Waals surface area contributed by atoms with Gasteiger partial charge in [0.05, 0.1) is 18.0 Å². The number of pyridine rings is 1. The number of aliphatic hydroxyl groups excluding tert-OH is 1. The molecular formula is C14H20N4O. The minimum Gasteiger partial charge on any atom is -0.392 e. The fraction of sp³-hybridized carbons (Fsp3) is 0.429. The van der Waals surface area contributed by atoms with E-state index in [4.69, 9.17) is 0 Å². The highest BCUT2D eigenvalue weighted by Gasteiger charge is 2.08. The Labute approximate surface area is 113 Å². The van der Waals surface area contributed by atoms with E-state index in [1.807, 2.05) is 24.5 Å². The third-order valence-corrected chi connectivity index (χ3v) is 2.99. The summed E-state index contributed by atoms with van der Waals surface area (Å²) in [6, 6.07) is 3.90. The number of rotatable bonds is 7. The molecule has 0 aliphatic rings. The predicted molar refractivity (Wildman–Crippen MR) is 74.4 cm³/mol. The average Bonchev–Trinajstić information content (AvgIpc) is 2.88. The number of aromatic amines is 1. The molecule has 0 fully saturated rings. The van der Waals surface area contributed by atoms with Crippen LogP contribution in [-0.2, 0) is 6.54 Å². The van der Waals surface area contributed by atoms with Crippen molar-refractivity contribution in [1.82, 2.24) is 20.5 Å². The highest BCUT2D eigenvalue weighted by Crippen LogP contribution is 2.19. The third kappa shape index (κ3) is 3.87. The van der Waals surface area contributed by atoms with Crippen LogP contribution in [0.5, 0.6) is 0 Å². The highest BCUT2D eigenvalue weighted by atomic mass is 16.3. The van der Waals surface area contributed by atoms with Gasteiger partial charge in [0.25, 0.3) is 0 Å². The standard InChI is InChI=1S/C14H20N4O/c1-2-4-13(19)10-16-8-12-9-17-18-14(12)11-5-3-6-15-7-11/h3,5-7,9,13,16,19H,2,4,8,10H2,1H3,(H,17,18). The van der Waals surface area contributed by atoms with Crippen molar-refractivity contribution >= 4 is 0 Å². The van der Waals surface area contributed by atoms with Crippen LogP contribution in [-0.4, -0.2) is 32.9 Å². The minimum absolute atomic E-state index is 0.279. The zero-order valence-electron chi connectivity index (χ0n) is 11.1. The molecule has 2 heterocycles. The summed E-state index contributed by atoms with van der Waals surface area (Å²) >= 11 is 0. The van der Waals surface area contributed by atoms with Gasteiger partial charge >= 0.3 is 0 Å². The Hall–Kier alpha value is -1.72. The quantitative estimate of drug-likeness (QED) is 0.708. The molecule has 1 unspecified atom stereocenters. The molecule has 0 saturated carbocycles. The molecule has 0 spiro atoms. The van der Waals surface area contributed by atoms with Crippen molar-refractivity contribution in [3.8, 4) is 11.3 Å². The Bertz CT molecular complexity index is 483. The van der Waals surface area contributed by atoms with Crippen molar-refractivity contribution in [2.24, 2.45) is 0 Å². The first-order chi connectivity index (χ1) is 9.31. The number of aliphatic hydroxyl groups is 1. The largest absolute Gasteiger partial charge is 0.392 e. The minimum atomic E-state index is -0.279. The van der Waals surface area contributed by atoms with Gasteiger partial charge in [0.1, 0.15) is 0 Å². The lowest BCUT2D eigenvalue weighted by atomic mass is 10.1. The summed E-state index contributed by atoms with van der Waals surface area (Å²) in [6.45, 7) is 3.35. The molecule has 1 atom stereocenters. The smallest absolute Gasteiger partial charge is 0.0710 e. The van der Waals surface area contributed by atoms with E-state index in [1.165, 1.54) is 0 Å². The van der Waals surface area contributed by atoms with E-state index in [1.54, 1.807) is 6.20 Å². The van der Waals surface area contributed by atoms with Crippen LogP contribution >= 0.6 is 0 Å². The van der Waals surface area contributed by atoms with E-state index in [-0.39, 0.29) is 6.10 Å². The van der Waals surface area contributed by atoms with E-state index in [9.17, 15) is 5.11 Å². The molecule has 0 radical (unpaired) electrons. The number of aromatic nitrogens is 3. The number of hydrogen-bond acceptors (Lipinski definition) is 4. The molecule has 0 aromatic carbocycles. The number of nitrogens with one attached hydrogen (secondary N) is 2. The number of nitrogens with zero attached hydrogens (tertiary/aromatic N) is 2. The maximum atomic E-state index is 9.67. The zero-order chi connectivity index (χ0) is 13.5. The van der Waals surface area contributed by atoms with Crippen molar-refractivity contribution in [1.29, 1.82) is 0 Å². The maximum Gasteiger partial charge on any atom is 0.0710 e. The van der Waals surface area contributed by atoms with E-state index in [0.29, 0.717) is 13.1 Å². The van der Waals surface area contributed by atoms with Crippen LogP contribution in [0.25, 0.3) is 11.3 Å². The molecule has 0 aliphatic carbocycles. The summed E-state index contributed by atoms with van der Waals surface area (Å²) in [6.07, 6.45) is 6.91. The van der Waals surface area contributed by atoms with Gasteiger partial charge in [-0.2, -0.15) is 5.10 Å². The zero-order valence-corrected chi connectivity index (χ0v) is 11.1. The Kier molecular flexibility index (Phi) is 5.06. The monoisotopic (exact) mass is 260 g/mol. The summed E-state index contributed by atoms with van der Waals surface area (Å²) in [7, 11) is 0. The summed E-state index contributed by atoms with van der Waals surface area (Å²) in [5.41, 5.74) is 3.08. The summed E-state index contributed by atoms with van der Waals surface area (Å²) in [4.78, 5) is 4.11. The van der Waals surface area contributed by atoms with Gasteiger partial charge in [0.2, 0.25) is 0 Å². The van der Waals surface area contributed by atoms with Crippen molar-refractivity contribution in [3.63, 3.8) is 0 Å². The van der Waals surface area contributed by atoms with Crippen molar-refractivity contribution in [2.75, 3.05) is 6.54 Å². The Morgan fingerprint density at radius 1 is 1.42 bits per heavy atom. The molecule has 0 amide bonds. The topological polar surface area (TPSA) is 73.8 Å². The second-order valence-corrected chi connectivity index (χ2v) is 4.59. The Morgan fingerprint density at radius 2 is 2.32 bits per heavy atom. The second kappa shape index (κ2) is 7.01. The lowest BCUT2D eigenvalue weighted by Gasteiger charge is -2.10. The average molecular weight is 260 g/mol. The van der Waals surface area contributed by atoms with E-state index in [0.717, 1.165) is 29.7 Å². The van der Waals surface area contributed by atoms with E-state index in [2.05, 4.69) is 27.4 Å². The Morgan fingerprint density at radius 3 is 3.05 bits per heavy atom. The molecular weight excluding hydrogens is 240 g/mol. The van der Waals surface area contributed by atoms with Gasteiger partial charge in [-0.05, 0) is 18.6 Å². The van der Waals surface area contributed by atoms with Gasteiger partial charge in [0.15, 0.2) is 0 Å². The molecule has 2 rings (SSSR count). The van der Waals surface area contributed by atoms with Gasteiger partial charge in [-0.1, -0.05) is 13.3 Å². The van der Waals surface area contributed by atoms with Crippen LogP contribution < -0.4 is 5.32 Å². The van der Waals surface area contributed by atoms with Crippen LogP contribution in [0.4, 0.5) is 0 Å². The summed E-state index contributed by atoms with van der Waals surface area (Å²) < 4.78 is 0. The molecule has 102 valence electrons. The molecule has 5 nitrogen and oxygen atoms in total. The maximum absolute atomic E-state index is 9.67. The fourth-order valence-corrected chi connectivity index (χ4v) is 2.01. The predicted octanol–water partition coefficient (Wildman–Crippen LogP) is 1.72. The lowest BCUT2D eigenvalue weighted by Crippen LogP contribution is -2.26. The van der Waals surface area contributed by atoms with Gasteiger partial charge in [-0.15, -0.1) is 0 Å². The third-order valence-electron chi connectivity index (χ3n) is 2.99. The van der Waals surface area contributed by atoms with Gasteiger partial charge in [-0.3, -0.25) is 10.1 Å². The second-order valence-electron chi connectivity index (χ2n) is 4.59.